The summed E-state index contributed by atoms with van der Waals surface area (Å²) in [5.74, 6) is -0.174. The molecule has 1 atom stereocenters. The fourth-order valence-corrected chi connectivity index (χ4v) is 2.31. The van der Waals surface area contributed by atoms with Gasteiger partial charge in [0.1, 0.15) is 5.82 Å². The average molecular weight is 309 g/mol. The van der Waals surface area contributed by atoms with E-state index < -0.39 is 0 Å². The zero-order chi connectivity index (χ0) is 13.0. The summed E-state index contributed by atoms with van der Waals surface area (Å²) in [6.07, 6.45) is 4.10. The quantitative estimate of drug-likeness (QED) is 0.935. The molecule has 2 aromatic rings. The van der Waals surface area contributed by atoms with Crippen molar-refractivity contribution in [3.63, 3.8) is 0 Å². The van der Waals surface area contributed by atoms with Crippen LogP contribution in [0, 0.1) is 5.82 Å². The Morgan fingerprint density at radius 1 is 1.28 bits per heavy atom. The van der Waals surface area contributed by atoms with Crippen LogP contribution in [0.2, 0.25) is 0 Å². The van der Waals surface area contributed by atoms with E-state index >= 15 is 0 Å². The minimum Gasteiger partial charge on any atom is -0.313 e. The van der Waals surface area contributed by atoms with Gasteiger partial charge in [0.15, 0.2) is 0 Å². The van der Waals surface area contributed by atoms with E-state index in [-0.39, 0.29) is 11.9 Å². The van der Waals surface area contributed by atoms with Crippen LogP contribution in [0.5, 0.6) is 0 Å². The molecule has 0 saturated carbocycles. The first-order valence-corrected chi connectivity index (χ1v) is 6.51. The zero-order valence-electron chi connectivity index (χ0n) is 10.0. The average Bonchev–Trinajstić information content (AvgIpc) is 2.41. The Kier molecular flexibility index (Phi) is 4.44. The van der Waals surface area contributed by atoms with Crippen molar-refractivity contribution in [2.75, 3.05) is 7.05 Å². The van der Waals surface area contributed by atoms with Crippen molar-refractivity contribution in [3.05, 3.63) is 64.1 Å². The maximum atomic E-state index is 13.7. The summed E-state index contributed by atoms with van der Waals surface area (Å²) in [7, 11) is 1.88. The predicted octanol–water partition coefficient (Wildman–Crippen LogP) is 3.49. The van der Waals surface area contributed by atoms with Gasteiger partial charge in [-0.1, -0.05) is 15.9 Å². The number of benzene rings is 1. The molecular weight excluding hydrogens is 295 g/mol. The minimum absolute atomic E-state index is 0.0804. The largest absolute Gasteiger partial charge is 0.313 e. The van der Waals surface area contributed by atoms with E-state index in [9.17, 15) is 4.39 Å². The van der Waals surface area contributed by atoms with Gasteiger partial charge in [0.25, 0.3) is 0 Å². The van der Waals surface area contributed by atoms with Crippen molar-refractivity contribution in [1.82, 2.24) is 10.3 Å². The van der Waals surface area contributed by atoms with Gasteiger partial charge < -0.3 is 5.32 Å². The first-order valence-electron chi connectivity index (χ1n) is 5.72. The number of halogens is 2. The predicted molar refractivity (Wildman–Crippen MR) is 73.8 cm³/mol. The SMILES string of the molecule is CNC(Cc1cc(Br)ccc1F)c1ccncc1. The second kappa shape index (κ2) is 6.07. The van der Waals surface area contributed by atoms with E-state index in [4.69, 9.17) is 0 Å². The molecule has 0 aliphatic carbocycles. The third-order valence-corrected chi connectivity index (χ3v) is 3.38. The first-order chi connectivity index (χ1) is 8.70. The van der Waals surface area contributed by atoms with Crippen LogP contribution in [0.3, 0.4) is 0 Å². The van der Waals surface area contributed by atoms with E-state index in [2.05, 4.69) is 26.2 Å². The zero-order valence-corrected chi connectivity index (χ0v) is 11.6. The van der Waals surface area contributed by atoms with Crippen molar-refractivity contribution < 1.29 is 4.39 Å². The van der Waals surface area contributed by atoms with Crippen molar-refractivity contribution in [1.29, 1.82) is 0 Å². The fraction of sp³-hybridized carbons (Fsp3) is 0.214. The molecule has 94 valence electrons. The summed E-state index contributed by atoms with van der Waals surface area (Å²) in [4.78, 5) is 3.99. The molecule has 0 aliphatic heterocycles. The van der Waals surface area contributed by atoms with Crippen molar-refractivity contribution in [3.8, 4) is 0 Å². The number of pyridine rings is 1. The maximum absolute atomic E-state index is 13.7. The topological polar surface area (TPSA) is 24.9 Å². The Bertz CT molecular complexity index is 516. The molecular formula is C14H14BrFN2. The lowest BCUT2D eigenvalue weighted by Gasteiger charge is -2.17. The van der Waals surface area contributed by atoms with Crippen LogP contribution in [-0.2, 0) is 6.42 Å². The van der Waals surface area contributed by atoms with Crippen molar-refractivity contribution >= 4 is 15.9 Å². The van der Waals surface area contributed by atoms with Crippen molar-refractivity contribution in [2.45, 2.75) is 12.5 Å². The van der Waals surface area contributed by atoms with E-state index in [1.165, 1.54) is 6.07 Å². The fourth-order valence-electron chi connectivity index (χ4n) is 1.90. The molecule has 0 fully saturated rings. The summed E-state index contributed by atoms with van der Waals surface area (Å²) in [5.41, 5.74) is 1.80. The standard InChI is InChI=1S/C14H14BrFN2/c1-17-14(10-4-6-18-7-5-10)9-11-8-12(15)2-3-13(11)16/h2-8,14,17H,9H2,1H3. The van der Waals surface area contributed by atoms with Gasteiger partial charge in [0, 0.05) is 22.9 Å². The Labute approximate surface area is 114 Å². The molecule has 1 aromatic heterocycles. The summed E-state index contributed by atoms with van der Waals surface area (Å²) >= 11 is 3.37. The summed E-state index contributed by atoms with van der Waals surface area (Å²) in [6.45, 7) is 0. The molecule has 0 aliphatic rings. The highest BCUT2D eigenvalue weighted by atomic mass is 79.9. The highest BCUT2D eigenvalue weighted by Gasteiger charge is 2.12. The molecule has 1 unspecified atom stereocenters. The third-order valence-electron chi connectivity index (χ3n) is 2.89. The van der Waals surface area contributed by atoms with Crippen LogP contribution < -0.4 is 5.32 Å². The number of nitrogens with one attached hydrogen (secondary N) is 1. The molecule has 0 radical (unpaired) electrons. The molecule has 0 bridgehead atoms. The van der Waals surface area contributed by atoms with Crippen LogP contribution >= 0.6 is 15.9 Å². The van der Waals surface area contributed by atoms with E-state index in [1.54, 1.807) is 18.5 Å². The molecule has 0 saturated heterocycles. The van der Waals surface area contributed by atoms with Crippen LogP contribution in [-0.4, -0.2) is 12.0 Å². The molecule has 1 aromatic carbocycles. The Balaban J connectivity index is 2.23. The molecule has 1 N–H and O–H groups in total. The molecule has 2 nitrogen and oxygen atoms in total. The second-order valence-corrected chi connectivity index (χ2v) is 4.98. The number of likely N-dealkylation sites (N-methyl/N-ethyl adjacent to an activating group) is 1. The van der Waals surface area contributed by atoms with Crippen LogP contribution in [0.25, 0.3) is 0 Å². The smallest absolute Gasteiger partial charge is 0.126 e. The normalized spacial score (nSPS) is 12.4. The lowest BCUT2D eigenvalue weighted by atomic mass is 9.99. The van der Waals surface area contributed by atoms with E-state index in [0.717, 1.165) is 10.0 Å². The van der Waals surface area contributed by atoms with Gasteiger partial charge in [0.05, 0.1) is 0 Å². The van der Waals surface area contributed by atoms with Gasteiger partial charge in [0.2, 0.25) is 0 Å². The maximum Gasteiger partial charge on any atom is 0.126 e. The van der Waals surface area contributed by atoms with E-state index in [1.807, 2.05) is 25.2 Å². The first kappa shape index (κ1) is 13.2. The highest BCUT2D eigenvalue weighted by molar-refractivity contribution is 9.10. The summed E-state index contributed by atoms with van der Waals surface area (Å²) < 4.78 is 14.6. The van der Waals surface area contributed by atoms with Crippen molar-refractivity contribution in [2.24, 2.45) is 0 Å². The molecule has 4 heteroatoms. The number of aromatic nitrogens is 1. The molecule has 0 amide bonds. The van der Waals surface area contributed by atoms with Gasteiger partial charge in [-0.15, -0.1) is 0 Å². The van der Waals surface area contributed by atoms with Crippen LogP contribution in [0.1, 0.15) is 17.2 Å². The monoisotopic (exact) mass is 308 g/mol. The summed E-state index contributed by atoms with van der Waals surface area (Å²) in [5, 5.41) is 3.20. The molecule has 2 rings (SSSR count). The van der Waals surface area contributed by atoms with Gasteiger partial charge >= 0.3 is 0 Å². The lowest BCUT2D eigenvalue weighted by molar-refractivity contribution is 0.554. The molecule has 18 heavy (non-hydrogen) atoms. The van der Waals surface area contributed by atoms with Gasteiger partial charge in [-0.2, -0.15) is 0 Å². The number of nitrogens with zero attached hydrogens (tertiary/aromatic N) is 1. The number of hydrogen-bond donors (Lipinski definition) is 1. The van der Waals surface area contributed by atoms with Gasteiger partial charge in [-0.05, 0) is 54.9 Å². The number of hydrogen-bond acceptors (Lipinski definition) is 2. The van der Waals surface area contributed by atoms with Gasteiger partial charge in [-0.25, -0.2) is 4.39 Å². The van der Waals surface area contributed by atoms with Crippen LogP contribution in [0.15, 0.2) is 47.2 Å². The van der Waals surface area contributed by atoms with E-state index in [0.29, 0.717) is 12.0 Å². The Morgan fingerprint density at radius 2 is 2.00 bits per heavy atom. The second-order valence-electron chi connectivity index (χ2n) is 4.06. The third kappa shape index (κ3) is 3.15. The Hall–Kier alpha value is -1.26. The van der Waals surface area contributed by atoms with Gasteiger partial charge in [-0.3, -0.25) is 4.98 Å². The Morgan fingerprint density at radius 3 is 2.67 bits per heavy atom. The highest BCUT2D eigenvalue weighted by Crippen LogP contribution is 2.22. The summed E-state index contributed by atoms with van der Waals surface area (Å²) in [6, 6.07) is 8.98. The lowest BCUT2D eigenvalue weighted by Crippen LogP contribution is -2.19. The molecule has 1 heterocycles. The van der Waals surface area contributed by atoms with Crippen LogP contribution in [0.4, 0.5) is 4.39 Å². The number of rotatable bonds is 4. The minimum atomic E-state index is -0.174. The molecule has 0 spiro atoms.